The maximum Gasteiger partial charge on any atom is 0.251 e. The van der Waals surface area contributed by atoms with Crippen LogP contribution in [0.4, 0.5) is 0 Å². The summed E-state index contributed by atoms with van der Waals surface area (Å²) in [6, 6.07) is 0. The van der Waals surface area contributed by atoms with Crippen molar-refractivity contribution in [1.82, 2.24) is 9.80 Å². The van der Waals surface area contributed by atoms with Crippen molar-refractivity contribution in [3.05, 3.63) is 0 Å². The summed E-state index contributed by atoms with van der Waals surface area (Å²) in [6.45, 7) is 4.56. The van der Waals surface area contributed by atoms with E-state index in [2.05, 4.69) is 0 Å². The summed E-state index contributed by atoms with van der Waals surface area (Å²) in [4.78, 5) is 27.9. The fourth-order valence-corrected chi connectivity index (χ4v) is 4.62. The number of carbonyl (C=O) groups is 2. The molecule has 0 aromatic carbocycles. The third-order valence-electron chi connectivity index (χ3n) is 6.09. The highest BCUT2D eigenvalue weighted by molar-refractivity contribution is 5.81. The number of rotatable bonds is 2. The summed E-state index contributed by atoms with van der Waals surface area (Å²) in [5, 5.41) is 10.6. The number of aliphatic hydroxyl groups is 1. The summed E-state index contributed by atoms with van der Waals surface area (Å²) in [5.41, 5.74) is 0. The van der Waals surface area contributed by atoms with Gasteiger partial charge in [-0.05, 0) is 18.8 Å². The van der Waals surface area contributed by atoms with Crippen LogP contribution in [-0.4, -0.2) is 59.0 Å². The highest BCUT2D eigenvalue weighted by atomic mass is 16.3. The Morgan fingerprint density at radius 1 is 0.870 bits per heavy atom. The normalized spacial score (nSPS) is 30.7. The number of hydrogen-bond donors (Lipinski definition) is 1. The Balaban J connectivity index is 1.54. The molecule has 0 spiro atoms. The molecule has 3 rings (SSSR count). The fourth-order valence-electron chi connectivity index (χ4n) is 4.62. The molecule has 2 heterocycles. The third kappa shape index (κ3) is 3.70. The molecule has 0 aromatic heterocycles. The molecule has 0 bridgehead atoms. The minimum Gasteiger partial charge on any atom is -0.383 e. The zero-order valence-corrected chi connectivity index (χ0v) is 14.2. The summed E-state index contributed by atoms with van der Waals surface area (Å²) in [7, 11) is 0. The molecule has 3 atom stereocenters. The summed E-state index contributed by atoms with van der Waals surface area (Å²) in [5.74, 6) is 0.989. The van der Waals surface area contributed by atoms with Crippen LogP contribution in [0.15, 0.2) is 0 Å². The van der Waals surface area contributed by atoms with Gasteiger partial charge in [-0.1, -0.05) is 32.1 Å². The maximum absolute atomic E-state index is 12.7. The number of hydrogen-bond acceptors (Lipinski definition) is 3. The Hall–Kier alpha value is -1.10. The topological polar surface area (TPSA) is 60.9 Å². The third-order valence-corrected chi connectivity index (χ3v) is 6.09. The van der Waals surface area contributed by atoms with Crippen molar-refractivity contribution in [1.29, 1.82) is 0 Å². The molecule has 1 saturated carbocycles. The molecule has 1 unspecified atom stereocenters. The number of carbonyl (C=O) groups excluding carboxylic acids is 2. The van der Waals surface area contributed by atoms with E-state index in [0.717, 1.165) is 38.8 Å². The standard InChI is InChI=1S/C18H30N2O3/c1-13(21)19-9-15-11-20(12-16(15)10-19)18(23)17(22)14-7-5-3-2-4-6-8-14/h14-17,22H,2-12H2,1H3/t15-,16+,17?. The number of nitrogens with zero attached hydrogens (tertiary/aromatic N) is 2. The van der Waals surface area contributed by atoms with Gasteiger partial charge in [0.1, 0.15) is 6.10 Å². The first-order valence-electron chi connectivity index (χ1n) is 9.28. The predicted octanol–water partition coefficient (Wildman–Crippen LogP) is 1.64. The van der Waals surface area contributed by atoms with E-state index in [4.69, 9.17) is 0 Å². The van der Waals surface area contributed by atoms with Gasteiger partial charge in [0.05, 0.1) is 0 Å². The van der Waals surface area contributed by atoms with Crippen LogP contribution in [0, 0.1) is 17.8 Å². The molecule has 5 nitrogen and oxygen atoms in total. The summed E-state index contributed by atoms with van der Waals surface area (Å²) in [6.07, 6.45) is 7.15. The van der Waals surface area contributed by atoms with Crippen LogP contribution in [0.2, 0.25) is 0 Å². The SMILES string of the molecule is CC(=O)N1C[C@@H]2CN(C(=O)C(O)C3CCCCCCC3)C[C@@H]2C1. The average Bonchev–Trinajstić information content (AvgIpc) is 3.04. The van der Waals surface area contributed by atoms with Crippen LogP contribution in [0.3, 0.4) is 0 Å². The lowest BCUT2D eigenvalue weighted by Crippen LogP contribution is -2.43. The van der Waals surface area contributed by atoms with Gasteiger partial charge < -0.3 is 14.9 Å². The lowest BCUT2D eigenvalue weighted by molar-refractivity contribution is -0.142. The van der Waals surface area contributed by atoms with Crippen LogP contribution in [0.5, 0.6) is 0 Å². The minimum atomic E-state index is -0.823. The Bertz CT molecular complexity index is 432. The van der Waals surface area contributed by atoms with E-state index in [1.807, 2.05) is 9.80 Å². The molecule has 5 heteroatoms. The van der Waals surface area contributed by atoms with Crippen LogP contribution in [-0.2, 0) is 9.59 Å². The molecule has 2 aliphatic heterocycles. The van der Waals surface area contributed by atoms with Crippen LogP contribution in [0.25, 0.3) is 0 Å². The van der Waals surface area contributed by atoms with Crippen molar-refractivity contribution in [3.63, 3.8) is 0 Å². The van der Waals surface area contributed by atoms with Gasteiger partial charge in [-0.2, -0.15) is 0 Å². The molecule has 3 fully saturated rings. The fraction of sp³-hybridized carbons (Fsp3) is 0.889. The first-order chi connectivity index (χ1) is 11.1. The van der Waals surface area contributed by atoms with Gasteiger partial charge >= 0.3 is 0 Å². The van der Waals surface area contributed by atoms with Gasteiger partial charge in [0.15, 0.2) is 0 Å². The van der Waals surface area contributed by atoms with Gasteiger partial charge in [0.25, 0.3) is 5.91 Å². The molecule has 0 aromatic rings. The predicted molar refractivity (Wildman–Crippen MR) is 87.6 cm³/mol. The molecule has 2 saturated heterocycles. The second kappa shape index (κ2) is 7.20. The monoisotopic (exact) mass is 322 g/mol. The van der Waals surface area contributed by atoms with E-state index in [1.165, 1.54) is 19.3 Å². The van der Waals surface area contributed by atoms with Crippen molar-refractivity contribution in [3.8, 4) is 0 Å². The molecule has 130 valence electrons. The number of amides is 2. The van der Waals surface area contributed by atoms with E-state index in [9.17, 15) is 14.7 Å². The Labute approximate surface area is 139 Å². The quantitative estimate of drug-likeness (QED) is 0.841. The van der Waals surface area contributed by atoms with Crippen LogP contribution in [0.1, 0.15) is 51.9 Å². The van der Waals surface area contributed by atoms with Crippen molar-refractivity contribution < 1.29 is 14.7 Å². The van der Waals surface area contributed by atoms with Crippen LogP contribution < -0.4 is 0 Å². The Kier molecular flexibility index (Phi) is 5.24. The average molecular weight is 322 g/mol. The second-order valence-electron chi connectivity index (χ2n) is 7.74. The van der Waals surface area contributed by atoms with Gasteiger partial charge in [-0.3, -0.25) is 9.59 Å². The number of aliphatic hydroxyl groups excluding tert-OH is 1. The minimum absolute atomic E-state index is 0.0700. The van der Waals surface area contributed by atoms with Gasteiger partial charge in [-0.15, -0.1) is 0 Å². The Morgan fingerprint density at radius 3 is 1.87 bits per heavy atom. The van der Waals surface area contributed by atoms with E-state index in [1.54, 1.807) is 6.92 Å². The first kappa shape index (κ1) is 16.7. The first-order valence-corrected chi connectivity index (χ1v) is 9.28. The van der Waals surface area contributed by atoms with Crippen molar-refractivity contribution >= 4 is 11.8 Å². The van der Waals surface area contributed by atoms with Crippen molar-refractivity contribution in [2.45, 2.75) is 58.0 Å². The molecule has 2 amide bonds. The molecular weight excluding hydrogens is 292 g/mol. The van der Waals surface area contributed by atoms with E-state index in [0.29, 0.717) is 24.9 Å². The number of fused-ring (bicyclic) bond motifs is 1. The zero-order chi connectivity index (χ0) is 16.4. The lowest BCUT2D eigenvalue weighted by atomic mass is 9.86. The highest BCUT2D eigenvalue weighted by Gasteiger charge is 2.44. The van der Waals surface area contributed by atoms with Gasteiger partial charge in [0, 0.05) is 44.9 Å². The van der Waals surface area contributed by atoms with E-state index < -0.39 is 6.10 Å². The van der Waals surface area contributed by atoms with Crippen molar-refractivity contribution in [2.75, 3.05) is 26.2 Å². The molecule has 23 heavy (non-hydrogen) atoms. The van der Waals surface area contributed by atoms with Crippen LogP contribution >= 0.6 is 0 Å². The smallest absolute Gasteiger partial charge is 0.251 e. The summed E-state index contributed by atoms with van der Waals surface area (Å²) < 4.78 is 0. The van der Waals surface area contributed by atoms with Gasteiger partial charge in [-0.25, -0.2) is 0 Å². The summed E-state index contributed by atoms with van der Waals surface area (Å²) >= 11 is 0. The largest absolute Gasteiger partial charge is 0.383 e. The molecule has 0 radical (unpaired) electrons. The van der Waals surface area contributed by atoms with Crippen molar-refractivity contribution in [2.24, 2.45) is 17.8 Å². The maximum atomic E-state index is 12.7. The Morgan fingerprint density at radius 2 is 1.35 bits per heavy atom. The second-order valence-corrected chi connectivity index (χ2v) is 7.74. The lowest BCUT2D eigenvalue weighted by Gasteiger charge is -2.28. The van der Waals surface area contributed by atoms with E-state index in [-0.39, 0.29) is 17.7 Å². The van der Waals surface area contributed by atoms with Gasteiger partial charge in [0.2, 0.25) is 5.91 Å². The van der Waals surface area contributed by atoms with E-state index >= 15 is 0 Å². The molecule has 1 N–H and O–H groups in total. The number of likely N-dealkylation sites (tertiary alicyclic amines) is 2. The molecule has 1 aliphatic carbocycles. The molecule has 3 aliphatic rings. The molecular formula is C18H30N2O3. The highest BCUT2D eigenvalue weighted by Crippen LogP contribution is 2.33. The zero-order valence-electron chi connectivity index (χ0n) is 14.2.